The molecule has 1 aliphatic rings. The fourth-order valence-electron chi connectivity index (χ4n) is 2.76. The van der Waals surface area contributed by atoms with Crippen LogP contribution < -0.4 is 0 Å². The topological polar surface area (TPSA) is 66.9 Å². The molecule has 1 unspecified atom stereocenters. The van der Waals surface area contributed by atoms with E-state index in [1.807, 2.05) is 30.3 Å². The average Bonchev–Trinajstić information content (AvgIpc) is 3.04. The molecule has 6 nitrogen and oxygen atoms in total. The normalized spacial score (nSPS) is 18.0. The molecule has 1 aromatic carbocycles. The highest BCUT2D eigenvalue weighted by molar-refractivity contribution is 7.88. The van der Waals surface area contributed by atoms with Crippen molar-refractivity contribution in [3.63, 3.8) is 0 Å². The van der Waals surface area contributed by atoms with E-state index < -0.39 is 10.0 Å². The summed E-state index contributed by atoms with van der Waals surface area (Å²) in [4.78, 5) is 13.9. The van der Waals surface area contributed by atoms with E-state index in [2.05, 4.69) is 0 Å². The molecule has 1 amide bonds. The van der Waals surface area contributed by atoms with Gasteiger partial charge in [-0.3, -0.25) is 4.79 Å². The minimum atomic E-state index is -3.35. The first-order chi connectivity index (χ1) is 11.4. The maximum atomic E-state index is 12.3. The lowest BCUT2D eigenvalue weighted by molar-refractivity contribution is -0.130. The highest BCUT2D eigenvalue weighted by Gasteiger charge is 2.25. The summed E-state index contributed by atoms with van der Waals surface area (Å²) in [6.45, 7) is 1.72. The summed E-state index contributed by atoms with van der Waals surface area (Å²) in [5, 5.41) is 0. The van der Waals surface area contributed by atoms with Crippen LogP contribution in [0, 0.1) is 0 Å². The molecule has 1 heterocycles. The molecule has 0 N–H and O–H groups in total. The van der Waals surface area contributed by atoms with Gasteiger partial charge in [-0.05, 0) is 18.4 Å². The molecule has 0 spiro atoms. The number of rotatable bonds is 8. The second kappa shape index (κ2) is 8.60. The SMILES string of the molecule is CN(Cc1ccccc1)C(=O)CCN(CC1CCCO1)S(C)(=O)=O. The van der Waals surface area contributed by atoms with Crippen LogP contribution in [0.1, 0.15) is 24.8 Å². The number of carbonyl (C=O) groups excluding carboxylic acids is 1. The number of carbonyl (C=O) groups is 1. The molecule has 1 atom stereocenters. The minimum absolute atomic E-state index is 0.0584. The summed E-state index contributed by atoms with van der Waals surface area (Å²) in [6.07, 6.45) is 3.12. The highest BCUT2D eigenvalue weighted by atomic mass is 32.2. The zero-order chi connectivity index (χ0) is 17.6. The van der Waals surface area contributed by atoms with Gasteiger partial charge in [0.1, 0.15) is 0 Å². The van der Waals surface area contributed by atoms with Gasteiger partial charge in [-0.1, -0.05) is 30.3 Å². The number of nitrogens with zero attached hydrogens (tertiary/aromatic N) is 2. The van der Waals surface area contributed by atoms with Crippen LogP contribution in [-0.2, 0) is 26.1 Å². The minimum Gasteiger partial charge on any atom is -0.377 e. The van der Waals surface area contributed by atoms with E-state index in [0.717, 1.165) is 18.4 Å². The lowest BCUT2D eigenvalue weighted by Gasteiger charge is -2.24. The van der Waals surface area contributed by atoms with Gasteiger partial charge in [0, 0.05) is 39.7 Å². The van der Waals surface area contributed by atoms with Gasteiger partial charge in [0.15, 0.2) is 0 Å². The summed E-state index contributed by atoms with van der Waals surface area (Å²) in [5.74, 6) is -0.0696. The quantitative estimate of drug-likeness (QED) is 0.709. The zero-order valence-electron chi connectivity index (χ0n) is 14.3. The van der Waals surface area contributed by atoms with Crippen LogP contribution >= 0.6 is 0 Å². The van der Waals surface area contributed by atoms with Gasteiger partial charge in [-0.15, -0.1) is 0 Å². The Morgan fingerprint density at radius 3 is 2.58 bits per heavy atom. The number of amides is 1. The molecule has 7 heteroatoms. The summed E-state index contributed by atoms with van der Waals surface area (Å²) in [6, 6.07) is 9.72. The molecule has 1 aliphatic heterocycles. The number of hydrogen-bond donors (Lipinski definition) is 0. The molecule has 2 rings (SSSR count). The number of ether oxygens (including phenoxy) is 1. The van der Waals surface area contributed by atoms with E-state index in [1.165, 1.54) is 10.6 Å². The summed E-state index contributed by atoms with van der Waals surface area (Å²) >= 11 is 0. The molecular weight excluding hydrogens is 328 g/mol. The molecule has 1 saturated heterocycles. The van der Waals surface area contributed by atoms with Crippen molar-refractivity contribution in [3.8, 4) is 0 Å². The molecule has 0 radical (unpaired) electrons. The van der Waals surface area contributed by atoms with Gasteiger partial charge in [-0.2, -0.15) is 4.31 Å². The second-order valence-corrected chi connectivity index (χ2v) is 8.22. The molecule has 1 fully saturated rings. The van der Waals surface area contributed by atoms with Crippen LogP contribution in [-0.4, -0.2) is 62.6 Å². The van der Waals surface area contributed by atoms with Crippen molar-refractivity contribution in [2.75, 3.05) is 33.0 Å². The molecule has 0 saturated carbocycles. The van der Waals surface area contributed by atoms with Crippen LogP contribution in [0.5, 0.6) is 0 Å². The third-order valence-corrected chi connectivity index (χ3v) is 5.43. The number of hydrogen-bond acceptors (Lipinski definition) is 4. The van der Waals surface area contributed by atoms with Gasteiger partial charge in [0.05, 0.1) is 12.4 Å². The Kier molecular flexibility index (Phi) is 6.77. The predicted octanol–water partition coefficient (Wildman–Crippen LogP) is 1.48. The maximum absolute atomic E-state index is 12.3. The monoisotopic (exact) mass is 354 g/mol. The lowest BCUT2D eigenvalue weighted by atomic mass is 10.2. The molecule has 24 heavy (non-hydrogen) atoms. The largest absolute Gasteiger partial charge is 0.377 e. The smallest absolute Gasteiger partial charge is 0.223 e. The predicted molar refractivity (Wildman–Crippen MR) is 92.9 cm³/mol. The van der Waals surface area contributed by atoms with Gasteiger partial charge in [0.2, 0.25) is 15.9 Å². The molecule has 0 aliphatic carbocycles. The van der Waals surface area contributed by atoms with Crippen molar-refractivity contribution in [1.82, 2.24) is 9.21 Å². The van der Waals surface area contributed by atoms with Crippen molar-refractivity contribution in [2.45, 2.75) is 31.9 Å². The summed E-state index contributed by atoms with van der Waals surface area (Å²) < 4.78 is 30.7. The number of benzene rings is 1. The van der Waals surface area contributed by atoms with Crippen LogP contribution in [0.2, 0.25) is 0 Å². The van der Waals surface area contributed by atoms with Gasteiger partial charge < -0.3 is 9.64 Å². The molecule has 134 valence electrons. The van der Waals surface area contributed by atoms with Gasteiger partial charge >= 0.3 is 0 Å². The molecule has 0 bridgehead atoms. The van der Waals surface area contributed by atoms with Crippen molar-refractivity contribution in [3.05, 3.63) is 35.9 Å². The second-order valence-electron chi connectivity index (χ2n) is 6.24. The Bertz CT molecular complexity index is 627. The molecule has 1 aromatic rings. The van der Waals surface area contributed by atoms with Crippen molar-refractivity contribution in [2.24, 2.45) is 0 Å². The third-order valence-electron chi connectivity index (χ3n) is 4.16. The van der Waals surface area contributed by atoms with Crippen LogP contribution in [0.25, 0.3) is 0 Å². The maximum Gasteiger partial charge on any atom is 0.223 e. The Balaban J connectivity index is 1.86. The fraction of sp³-hybridized carbons (Fsp3) is 0.588. The Hall–Kier alpha value is -1.44. The van der Waals surface area contributed by atoms with Crippen molar-refractivity contribution < 1.29 is 17.9 Å². The standard InChI is InChI=1S/C17H26N2O4S/c1-18(13-15-7-4-3-5-8-15)17(20)10-11-19(24(2,21)22)14-16-9-6-12-23-16/h3-5,7-8,16H,6,9-14H2,1-2H3. The van der Waals surface area contributed by atoms with Crippen LogP contribution in [0.3, 0.4) is 0 Å². The van der Waals surface area contributed by atoms with E-state index >= 15 is 0 Å². The lowest BCUT2D eigenvalue weighted by Crippen LogP contribution is -2.39. The zero-order valence-corrected chi connectivity index (χ0v) is 15.2. The van der Waals surface area contributed by atoms with Gasteiger partial charge in [-0.25, -0.2) is 8.42 Å². The molecule has 0 aromatic heterocycles. The Labute approximate surface area is 144 Å². The summed E-state index contributed by atoms with van der Waals surface area (Å²) in [7, 11) is -1.61. The summed E-state index contributed by atoms with van der Waals surface area (Å²) in [5.41, 5.74) is 1.05. The van der Waals surface area contributed by atoms with Crippen molar-refractivity contribution in [1.29, 1.82) is 0 Å². The van der Waals surface area contributed by atoms with Crippen LogP contribution in [0.15, 0.2) is 30.3 Å². The van der Waals surface area contributed by atoms with Crippen molar-refractivity contribution >= 4 is 15.9 Å². The van der Waals surface area contributed by atoms with E-state index in [9.17, 15) is 13.2 Å². The van der Waals surface area contributed by atoms with E-state index in [4.69, 9.17) is 4.74 Å². The first-order valence-electron chi connectivity index (χ1n) is 8.21. The fourth-order valence-corrected chi connectivity index (χ4v) is 3.62. The van der Waals surface area contributed by atoms with Gasteiger partial charge in [0.25, 0.3) is 0 Å². The number of sulfonamides is 1. The van der Waals surface area contributed by atoms with E-state index in [1.54, 1.807) is 11.9 Å². The first-order valence-corrected chi connectivity index (χ1v) is 10.1. The molecular formula is C17H26N2O4S. The highest BCUT2D eigenvalue weighted by Crippen LogP contribution is 2.15. The Morgan fingerprint density at radius 2 is 2.00 bits per heavy atom. The van der Waals surface area contributed by atoms with Crippen LogP contribution in [0.4, 0.5) is 0 Å². The van der Waals surface area contributed by atoms with E-state index in [-0.39, 0.29) is 25.0 Å². The average molecular weight is 354 g/mol. The van der Waals surface area contributed by atoms with E-state index in [0.29, 0.717) is 19.7 Å². The third kappa shape index (κ3) is 5.89. The first kappa shape index (κ1) is 18.9. The Morgan fingerprint density at radius 1 is 1.29 bits per heavy atom.